The Morgan fingerprint density at radius 2 is 1.81 bits per heavy atom. The number of carbonyl (C=O) groups is 1. The van der Waals surface area contributed by atoms with E-state index in [4.69, 9.17) is 23.2 Å². The van der Waals surface area contributed by atoms with E-state index in [0.717, 1.165) is 16.7 Å². The summed E-state index contributed by atoms with van der Waals surface area (Å²) >= 11 is 13.4. The van der Waals surface area contributed by atoms with Crippen molar-refractivity contribution in [3.8, 4) is 11.1 Å². The molecule has 0 unspecified atom stereocenters. The van der Waals surface area contributed by atoms with Gasteiger partial charge in [0, 0.05) is 28.4 Å². The Morgan fingerprint density at radius 3 is 2.48 bits per heavy atom. The molecule has 1 amide bonds. The number of hydrogen-bond acceptors (Lipinski definition) is 4. The van der Waals surface area contributed by atoms with E-state index in [9.17, 15) is 4.79 Å². The van der Waals surface area contributed by atoms with Crippen molar-refractivity contribution in [2.75, 3.05) is 6.26 Å². The Kier molecular flexibility index (Phi) is 6.37. The van der Waals surface area contributed by atoms with Crippen LogP contribution in [0.2, 0.25) is 10.0 Å². The summed E-state index contributed by atoms with van der Waals surface area (Å²) in [5.41, 5.74) is 3.84. The van der Waals surface area contributed by atoms with Crippen LogP contribution in [-0.2, 0) is 6.54 Å². The van der Waals surface area contributed by atoms with Crippen molar-refractivity contribution < 1.29 is 4.79 Å². The standard InChI is InChI=1S/C20H17Cl2N3OS/c1-12-5-3-4-6-16(12)17-11-24-20(27-2)25-18(17)19(26)23-10-13-7-14(21)9-15(22)8-13/h3-9,11H,10H2,1-2H3,(H,23,26). The molecule has 0 aliphatic carbocycles. The Balaban J connectivity index is 1.92. The molecule has 0 radical (unpaired) electrons. The summed E-state index contributed by atoms with van der Waals surface area (Å²) in [6, 6.07) is 13.0. The third kappa shape index (κ3) is 4.80. The highest BCUT2D eigenvalue weighted by Gasteiger charge is 2.17. The molecule has 0 fully saturated rings. The van der Waals surface area contributed by atoms with Gasteiger partial charge in [-0.2, -0.15) is 0 Å². The zero-order valence-corrected chi connectivity index (χ0v) is 17.1. The van der Waals surface area contributed by atoms with E-state index < -0.39 is 0 Å². The second-order valence-electron chi connectivity index (χ2n) is 5.89. The van der Waals surface area contributed by atoms with Crippen molar-refractivity contribution >= 4 is 40.9 Å². The number of halogens is 2. The SMILES string of the molecule is CSc1ncc(-c2ccccc2C)c(C(=O)NCc2cc(Cl)cc(Cl)c2)n1. The molecule has 2 aromatic carbocycles. The minimum Gasteiger partial charge on any atom is -0.347 e. The van der Waals surface area contributed by atoms with Crippen LogP contribution in [0.5, 0.6) is 0 Å². The van der Waals surface area contributed by atoms with Gasteiger partial charge in [-0.1, -0.05) is 59.2 Å². The summed E-state index contributed by atoms with van der Waals surface area (Å²) in [5.74, 6) is -0.276. The van der Waals surface area contributed by atoms with Gasteiger partial charge < -0.3 is 5.32 Å². The van der Waals surface area contributed by atoms with Gasteiger partial charge in [0.2, 0.25) is 0 Å². The first-order valence-corrected chi connectivity index (χ1v) is 10.2. The molecule has 0 aliphatic rings. The first-order chi connectivity index (χ1) is 13.0. The van der Waals surface area contributed by atoms with Crippen LogP contribution in [0.25, 0.3) is 11.1 Å². The third-order valence-corrected chi connectivity index (χ3v) is 4.97. The lowest BCUT2D eigenvalue weighted by Crippen LogP contribution is -2.25. The average Bonchev–Trinajstić information content (AvgIpc) is 2.65. The number of amides is 1. The Labute approximate surface area is 172 Å². The molecule has 4 nitrogen and oxygen atoms in total. The summed E-state index contributed by atoms with van der Waals surface area (Å²) in [6.07, 6.45) is 3.57. The third-order valence-electron chi connectivity index (χ3n) is 3.97. The van der Waals surface area contributed by atoms with Crippen LogP contribution in [0.1, 0.15) is 21.6 Å². The molecule has 0 bridgehead atoms. The summed E-state index contributed by atoms with van der Waals surface area (Å²) in [7, 11) is 0. The number of rotatable bonds is 5. The number of nitrogens with one attached hydrogen (secondary N) is 1. The Morgan fingerprint density at radius 1 is 1.11 bits per heavy atom. The minimum absolute atomic E-state index is 0.276. The maximum Gasteiger partial charge on any atom is 0.270 e. The van der Waals surface area contributed by atoms with Gasteiger partial charge in [-0.15, -0.1) is 0 Å². The molecule has 0 aliphatic heterocycles. The van der Waals surface area contributed by atoms with Crippen LogP contribution >= 0.6 is 35.0 Å². The second kappa shape index (κ2) is 8.74. The molecule has 0 saturated heterocycles. The highest BCUT2D eigenvalue weighted by molar-refractivity contribution is 7.98. The van der Waals surface area contributed by atoms with Crippen molar-refractivity contribution in [3.05, 3.63) is 75.5 Å². The lowest BCUT2D eigenvalue weighted by Gasteiger charge is -2.12. The maximum absolute atomic E-state index is 12.9. The second-order valence-corrected chi connectivity index (χ2v) is 7.54. The van der Waals surface area contributed by atoms with Gasteiger partial charge in [0.05, 0.1) is 0 Å². The maximum atomic E-state index is 12.9. The molecule has 1 N–H and O–H groups in total. The van der Waals surface area contributed by atoms with Gasteiger partial charge in [-0.3, -0.25) is 4.79 Å². The van der Waals surface area contributed by atoms with E-state index in [2.05, 4.69) is 15.3 Å². The summed E-state index contributed by atoms with van der Waals surface area (Å²) in [4.78, 5) is 21.7. The monoisotopic (exact) mass is 417 g/mol. The number of thioether (sulfide) groups is 1. The van der Waals surface area contributed by atoms with Crippen LogP contribution in [0.15, 0.2) is 53.8 Å². The first-order valence-electron chi connectivity index (χ1n) is 8.18. The van der Waals surface area contributed by atoms with E-state index in [1.165, 1.54) is 11.8 Å². The molecule has 1 heterocycles. The van der Waals surface area contributed by atoms with Crippen LogP contribution < -0.4 is 5.32 Å². The number of hydrogen-bond donors (Lipinski definition) is 1. The van der Waals surface area contributed by atoms with Crippen LogP contribution in [0, 0.1) is 6.92 Å². The summed E-state index contributed by atoms with van der Waals surface area (Å²) in [6.45, 7) is 2.29. The number of benzene rings is 2. The van der Waals surface area contributed by atoms with E-state index in [-0.39, 0.29) is 5.91 Å². The lowest BCUT2D eigenvalue weighted by molar-refractivity contribution is 0.0945. The summed E-state index contributed by atoms with van der Waals surface area (Å²) in [5, 5.41) is 4.49. The van der Waals surface area contributed by atoms with E-state index >= 15 is 0 Å². The molecular weight excluding hydrogens is 401 g/mol. The highest BCUT2D eigenvalue weighted by atomic mass is 35.5. The van der Waals surface area contributed by atoms with Crippen molar-refractivity contribution in [3.63, 3.8) is 0 Å². The lowest BCUT2D eigenvalue weighted by atomic mass is 10.0. The Hall–Kier alpha value is -2.08. The molecular formula is C20H17Cl2N3OS. The fourth-order valence-corrected chi connectivity index (χ4v) is 3.60. The molecule has 3 rings (SSSR count). The number of nitrogens with zero attached hydrogens (tertiary/aromatic N) is 2. The van der Waals surface area contributed by atoms with Gasteiger partial charge in [0.1, 0.15) is 5.69 Å². The van der Waals surface area contributed by atoms with Crippen LogP contribution in [-0.4, -0.2) is 22.1 Å². The zero-order valence-electron chi connectivity index (χ0n) is 14.8. The van der Waals surface area contributed by atoms with Gasteiger partial charge in [-0.05, 0) is 48.1 Å². The predicted octanol–water partition coefficient (Wildman–Crippen LogP) is 5.41. The van der Waals surface area contributed by atoms with Gasteiger partial charge in [0.25, 0.3) is 5.91 Å². The number of aromatic nitrogens is 2. The van der Waals surface area contributed by atoms with Crippen molar-refractivity contribution in [1.82, 2.24) is 15.3 Å². The Bertz CT molecular complexity index is 974. The molecule has 27 heavy (non-hydrogen) atoms. The number of carbonyl (C=O) groups excluding carboxylic acids is 1. The smallest absolute Gasteiger partial charge is 0.270 e. The molecule has 1 aromatic heterocycles. The molecule has 0 spiro atoms. The van der Waals surface area contributed by atoms with Crippen molar-refractivity contribution in [2.24, 2.45) is 0 Å². The molecule has 0 atom stereocenters. The average molecular weight is 418 g/mol. The highest BCUT2D eigenvalue weighted by Crippen LogP contribution is 2.27. The molecule has 138 valence electrons. The minimum atomic E-state index is -0.276. The normalized spacial score (nSPS) is 10.7. The largest absolute Gasteiger partial charge is 0.347 e. The van der Waals surface area contributed by atoms with Crippen LogP contribution in [0.3, 0.4) is 0 Å². The first kappa shape index (κ1) is 19.7. The topological polar surface area (TPSA) is 54.9 Å². The predicted molar refractivity (Wildman–Crippen MR) is 112 cm³/mol. The van der Waals surface area contributed by atoms with E-state index in [1.807, 2.05) is 37.4 Å². The fraction of sp³-hybridized carbons (Fsp3) is 0.150. The molecule has 7 heteroatoms. The van der Waals surface area contributed by atoms with E-state index in [1.54, 1.807) is 24.4 Å². The summed E-state index contributed by atoms with van der Waals surface area (Å²) < 4.78 is 0. The fourth-order valence-electron chi connectivity index (χ4n) is 2.69. The van der Waals surface area contributed by atoms with Crippen LogP contribution in [0.4, 0.5) is 0 Å². The molecule has 0 saturated carbocycles. The zero-order chi connectivity index (χ0) is 19.4. The van der Waals surface area contributed by atoms with Crippen molar-refractivity contribution in [2.45, 2.75) is 18.6 Å². The van der Waals surface area contributed by atoms with Gasteiger partial charge in [0.15, 0.2) is 5.16 Å². The van der Waals surface area contributed by atoms with Gasteiger partial charge in [-0.25, -0.2) is 9.97 Å². The van der Waals surface area contributed by atoms with Gasteiger partial charge >= 0.3 is 0 Å². The number of aryl methyl sites for hydroxylation is 1. The quantitative estimate of drug-likeness (QED) is 0.445. The van der Waals surface area contributed by atoms with E-state index in [0.29, 0.717) is 33.0 Å². The van der Waals surface area contributed by atoms with Crippen molar-refractivity contribution in [1.29, 1.82) is 0 Å². The molecule has 3 aromatic rings.